The minimum atomic E-state index is -0.444. The number of hydrogen-bond acceptors (Lipinski definition) is 5. The van der Waals surface area contributed by atoms with Gasteiger partial charge in [0.2, 0.25) is 5.89 Å². The molecule has 0 aromatic carbocycles. The smallest absolute Gasteiger partial charge is 0.410 e. The maximum atomic E-state index is 11.8. The summed E-state index contributed by atoms with van der Waals surface area (Å²) in [5.74, 6) is 2.04. The topological polar surface area (TPSA) is 68.5 Å². The Kier molecular flexibility index (Phi) is 4.01. The fraction of sp³-hybridized carbons (Fsp3) is 0.786. The highest BCUT2D eigenvalue weighted by atomic mass is 16.6. The van der Waals surface area contributed by atoms with Gasteiger partial charge in [-0.2, -0.15) is 4.98 Å². The van der Waals surface area contributed by atoms with E-state index in [-0.39, 0.29) is 12.0 Å². The first-order chi connectivity index (χ1) is 9.24. The molecule has 0 spiro atoms. The average Bonchev–Trinajstić information content (AvgIpc) is 2.68. The molecule has 6 heteroatoms. The molecule has 1 aromatic heterocycles. The van der Waals surface area contributed by atoms with Gasteiger partial charge in [0.15, 0.2) is 5.82 Å². The molecular formula is C14H23N3O3. The van der Waals surface area contributed by atoms with Crippen LogP contribution in [-0.2, 0) is 11.2 Å². The van der Waals surface area contributed by atoms with Gasteiger partial charge in [0.1, 0.15) is 5.60 Å². The van der Waals surface area contributed by atoms with Crippen LogP contribution in [0.1, 0.15) is 52.3 Å². The Balaban J connectivity index is 1.77. The summed E-state index contributed by atoms with van der Waals surface area (Å²) in [4.78, 5) is 17.8. The molecule has 0 atom stereocenters. The van der Waals surface area contributed by atoms with Crippen LogP contribution < -0.4 is 0 Å². The van der Waals surface area contributed by atoms with Crippen molar-refractivity contribution in [1.29, 1.82) is 0 Å². The lowest BCUT2D eigenvalue weighted by Gasteiger charge is -2.39. The summed E-state index contributed by atoms with van der Waals surface area (Å²) in [7, 11) is 0. The number of amides is 1. The van der Waals surface area contributed by atoms with E-state index in [1.165, 1.54) is 0 Å². The average molecular weight is 281 g/mol. The van der Waals surface area contributed by atoms with Gasteiger partial charge >= 0.3 is 6.09 Å². The van der Waals surface area contributed by atoms with E-state index in [9.17, 15) is 4.79 Å². The molecule has 0 radical (unpaired) electrons. The van der Waals surface area contributed by atoms with Gasteiger partial charge in [-0.1, -0.05) is 19.0 Å². The van der Waals surface area contributed by atoms with Crippen molar-refractivity contribution in [3.8, 4) is 0 Å². The SMILES string of the molecule is CC(C)c1noc(CC2CN(C(=O)OC(C)(C)C)C2)n1. The van der Waals surface area contributed by atoms with E-state index in [0.29, 0.717) is 24.9 Å². The summed E-state index contributed by atoms with van der Waals surface area (Å²) in [5, 5.41) is 3.94. The molecule has 1 amide bonds. The molecule has 0 aliphatic carbocycles. The van der Waals surface area contributed by atoms with E-state index in [2.05, 4.69) is 10.1 Å². The van der Waals surface area contributed by atoms with Crippen molar-refractivity contribution < 1.29 is 14.1 Å². The van der Waals surface area contributed by atoms with Crippen LogP contribution in [0, 0.1) is 5.92 Å². The van der Waals surface area contributed by atoms with E-state index in [4.69, 9.17) is 9.26 Å². The zero-order valence-electron chi connectivity index (χ0n) is 12.8. The number of hydrogen-bond donors (Lipinski definition) is 0. The third-order valence-electron chi connectivity index (χ3n) is 3.07. The second kappa shape index (κ2) is 5.42. The lowest BCUT2D eigenvalue weighted by Crippen LogP contribution is -2.52. The first-order valence-electron chi connectivity index (χ1n) is 7.05. The van der Waals surface area contributed by atoms with Gasteiger partial charge in [0.25, 0.3) is 0 Å². The van der Waals surface area contributed by atoms with E-state index in [0.717, 1.165) is 12.2 Å². The number of nitrogens with zero attached hydrogens (tertiary/aromatic N) is 3. The van der Waals surface area contributed by atoms with Gasteiger partial charge in [-0.05, 0) is 20.8 Å². The lowest BCUT2D eigenvalue weighted by molar-refractivity contribution is -0.00186. The summed E-state index contributed by atoms with van der Waals surface area (Å²) in [6.45, 7) is 11.0. The van der Waals surface area contributed by atoms with Crippen LogP contribution in [0.3, 0.4) is 0 Å². The van der Waals surface area contributed by atoms with Gasteiger partial charge in [0, 0.05) is 31.3 Å². The van der Waals surface area contributed by atoms with Crippen LogP contribution in [-0.4, -0.2) is 39.8 Å². The minimum absolute atomic E-state index is 0.248. The highest BCUT2D eigenvalue weighted by Crippen LogP contribution is 2.23. The molecule has 20 heavy (non-hydrogen) atoms. The minimum Gasteiger partial charge on any atom is -0.444 e. The first kappa shape index (κ1) is 14.8. The quantitative estimate of drug-likeness (QED) is 0.851. The number of carbonyl (C=O) groups excluding carboxylic acids is 1. The third kappa shape index (κ3) is 3.71. The molecule has 1 saturated heterocycles. The maximum Gasteiger partial charge on any atom is 0.410 e. The monoisotopic (exact) mass is 281 g/mol. The highest BCUT2D eigenvalue weighted by molar-refractivity contribution is 5.69. The third-order valence-corrected chi connectivity index (χ3v) is 3.07. The van der Waals surface area contributed by atoms with Crippen molar-refractivity contribution in [3.05, 3.63) is 11.7 Å². The Morgan fingerprint density at radius 3 is 2.60 bits per heavy atom. The predicted octanol–water partition coefficient (Wildman–Crippen LogP) is 2.60. The van der Waals surface area contributed by atoms with E-state index in [1.807, 2.05) is 34.6 Å². The Morgan fingerprint density at radius 1 is 1.45 bits per heavy atom. The summed E-state index contributed by atoms with van der Waals surface area (Å²) >= 11 is 0. The van der Waals surface area contributed by atoms with Crippen molar-refractivity contribution in [2.75, 3.05) is 13.1 Å². The van der Waals surface area contributed by atoms with Crippen LogP contribution in [0.15, 0.2) is 4.52 Å². The molecule has 0 bridgehead atoms. The molecule has 1 aromatic rings. The summed E-state index contributed by atoms with van der Waals surface area (Å²) in [6, 6.07) is 0. The Hall–Kier alpha value is -1.59. The molecule has 112 valence electrons. The van der Waals surface area contributed by atoms with Crippen LogP contribution >= 0.6 is 0 Å². The predicted molar refractivity (Wildman–Crippen MR) is 73.4 cm³/mol. The van der Waals surface area contributed by atoms with E-state index < -0.39 is 5.60 Å². The molecule has 1 fully saturated rings. The van der Waals surface area contributed by atoms with Gasteiger partial charge < -0.3 is 14.2 Å². The Morgan fingerprint density at radius 2 is 2.10 bits per heavy atom. The van der Waals surface area contributed by atoms with E-state index in [1.54, 1.807) is 4.90 Å². The number of carbonyl (C=O) groups is 1. The standard InChI is InChI=1S/C14H23N3O3/c1-9(2)12-15-11(20-16-12)6-10-7-17(8-10)13(18)19-14(3,4)5/h9-10H,6-8H2,1-5H3. The molecule has 0 N–H and O–H groups in total. The van der Waals surface area contributed by atoms with Gasteiger partial charge in [-0.3, -0.25) is 0 Å². The summed E-state index contributed by atoms with van der Waals surface area (Å²) < 4.78 is 10.5. The van der Waals surface area contributed by atoms with Crippen molar-refractivity contribution in [3.63, 3.8) is 0 Å². The van der Waals surface area contributed by atoms with Crippen molar-refractivity contribution in [1.82, 2.24) is 15.0 Å². The molecule has 0 unspecified atom stereocenters. The van der Waals surface area contributed by atoms with Crippen molar-refractivity contribution >= 4 is 6.09 Å². The molecule has 6 nitrogen and oxygen atoms in total. The van der Waals surface area contributed by atoms with Crippen molar-refractivity contribution in [2.24, 2.45) is 5.92 Å². The van der Waals surface area contributed by atoms with Gasteiger partial charge in [-0.25, -0.2) is 4.79 Å². The van der Waals surface area contributed by atoms with Crippen LogP contribution in [0.5, 0.6) is 0 Å². The lowest BCUT2D eigenvalue weighted by atomic mass is 9.97. The van der Waals surface area contributed by atoms with Gasteiger partial charge in [-0.15, -0.1) is 0 Å². The zero-order valence-corrected chi connectivity index (χ0v) is 12.8. The summed E-state index contributed by atoms with van der Waals surface area (Å²) in [6.07, 6.45) is 0.473. The second-order valence-corrected chi connectivity index (χ2v) is 6.66. The van der Waals surface area contributed by atoms with E-state index >= 15 is 0 Å². The zero-order chi connectivity index (χ0) is 14.9. The van der Waals surface area contributed by atoms with Crippen molar-refractivity contribution in [2.45, 2.75) is 52.6 Å². The molecule has 1 aliphatic heterocycles. The van der Waals surface area contributed by atoms with Crippen LogP contribution in [0.4, 0.5) is 4.79 Å². The number of ether oxygens (including phenoxy) is 1. The molecule has 2 heterocycles. The Labute approximate surface area is 119 Å². The summed E-state index contributed by atoms with van der Waals surface area (Å²) in [5.41, 5.74) is -0.444. The fourth-order valence-electron chi connectivity index (χ4n) is 2.01. The molecular weight excluding hydrogens is 258 g/mol. The number of aromatic nitrogens is 2. The molecule has 2 rings (SSSR count). The second-order valence-electron chi connectivity index (χ2n) is 6.66. The van der Waals surface area contributed by atoms with Crippen LogP contribution in [0.2, 0.25) is 0 Å². The van der Waals surface area contributed by atoms with Crippen LogP contribution in [0.25, 0.3) is 0 Å². The van der Waals surface area contributed by atoms with Gasteiger partial charge in [0.05, 0.1) is 0 Å². The maximum absolute atomic E-state index is 11.8. The molecule has 1 aliphatic rings. The number of rotatable bonds is 3. The Bertz CT molecular complexity index is 470. The fourth-order valence-corrected chi connectivity index (χ4v) is 2.01. The molecule has 0 saturated carbocycles. The normalized spacial score (nSPS) is 16.4. The largest absolute Gasteiger partial charge is 0.444 e. The highest BCUT2D eigenvalue weighted by Gasteiger charge is 2.34. The number of likely N-dealkylation sites (tertiary alicyclic amines) is 1. The first-order valence-corrected chi connectivity index (χ1v) is 7.05.